The van der Waals surface area contributed by atoms with Crippen LogP contribution in [0.2, 0.25) is 0 Å². The van der Waals surface area contributed by atoms with Crippen LogP contribution in [-0.2, 0) is 4.79 Å². The minimum Gasteiger partial charge on any atom is -0.360 e. The molecule has 0 aliphatic heterocycles. The Morgan fingerprint density at radius 1 is 1.39 bits per heavy atom. The lowest BCUT2D eigenvalue weighted by Crippen LogP contribution is -2.22. The molecule has 2 aromatic rings. The standard InChI is InChI=1S/C13H15N5O3S2/c1-3-14-12-16-17-13(23-12)22-8(2)11(19)15-9-4-6-10(7-5-9)18(20)21/h4-8H,3H2,1-2H3,(H,14,16)(H,15,19). The highest BCUT2D eigenvalue weighted by atomic mass is 32.2. The van der Waals surface area contributed by atoms with Gasteiger partial charge in [-0.1, -0.05) is 23.1 Å². The first-order valence-electron chi connectivity index (χ1n) is 6.79. The van der Waals surface area contributed by atoms with E-state index < -0.39 is 4.92 Å². The molecule has 122 valence electrons. The monoisotopic (exact) mass is 353 g/mol. The van der Waals surface area contributed by atoms with Crippen LogP contribution in [0, 0.1) is 10.1 Å². The maximum atomic E-state index is 12.1. The zero-order valence-electron chi connectivity index (χ0n) is 12.5. The number of carbonyl (C=O) groups is 1. The molecular formula is C13H15N5O3S2. The number of anilines is 2. The van der Waals surface area contributed by atoms with Crippen LogP contribution in [0.5, 0.6) is 0 Å². The molecule has 1 heterocycles. The molecule has 0 saturated heterocycles. The van der Waals surface area contributed by atoms with Crippen LogP contribution in [0.1, 0.15) is 13.8 Å². The Balaban J connectivity index is 1.92. The average Bonchev–Trinajstić information content (AvgIpc) is 2.95. The van der Waals surface area contributed by atoms with Crippen LogP contribution in [0.15, 0.2) is 28.6 Å². The number of non-ortho nitro benzene ring substituents is 1. The molecule has 23 heavy (non-hydrogen) atoms. The summed E-state index contributed by atoms with van der Waals surface area (Å²) < 4.78 is 0.701. The Hall–Kier alpha value is -2.20. The molecule has 8 nitrogen and oxygen atoms in total. The van der Waals surface area contributed by atoms with E-state index in [4.69, 9.17) is 0 Å². The highest BCUT2D eigenvalue weighted by Crippen LogP contribution is 2.29. The van der Waals surface area contributed by atoms with E-state index in [0.29, 0.717) is 10.0 Å². The van der Waals surface area contributed by atoms with Gasteiger partial charge in [-0.15, -0.1) is 10.2 Å². The minimum atomic E-state index is -0.485. The van der Waals surface area contributed by atoms with Crippen molar-refractivity contribution in [3.05, 3.63) is 34.4 Å². The van der Waals surface area contributed by atoms with Gasteiger partial charge in [0.1, 0.15) is 0 Å². The Morgan fingerprint density at radius 2 is 2.09 bits per heavy atom. The van der Waals surface area contributed by atoms with Crippen LogP contribution in [0.25, 0.3) is 0 Å². The van der Waals surface area contributed by atoms with E-state index in [-0.39, 0.29) is 16.8 Å². The lowest BCUT2D eigenvalue weighted by atomic mass is 10.3. The average molecular weight is 353 g/mol. The molecule has 1 aromatic heterocycles. The van der Waals surface area contributed by atoms with Crippen LogP contribution in [0.3, 0.4) is 0 Å². The summed E-state index contributed by atoms with van der Waals surface area (Å²) in [6, 6.07) is 5.70. The van der Waals surface area contributed by atoms with Crippen molar-refractivity contribution in [3.63, 3.8) is 0 Å². The highest BCUT2D eigenvalue weighted by molar-refractivity contribution is 8.02. The summed E-state index contributed by atoms with van der Waals surface area (Å²) in [5, 5.41) is 24.7. The van der Waals surface area contributed by atoms with Crippen molar-refractivity contribution in [2.24, 2.45) is 0 Å². The number of benzene rings is 1. The highest BCUT2D eigenvalue weighted by Gasteiger charge is 2.17. The van der Waals surface area contributed by atoms with Crippen molar-refractivity contribution in [2.75, 3.05) is 17.2 Å². The molecule has 0 aliphatic rings. The molecule has 1 atom stereocenters. The fourth-order valence-corrected chi connectivity index (χ4v) is 3.56. The van der Waals surface area contributed by atoms with Crippen molar-refractivity contribution in [1.82, 2.24) is 10.2 Å². The zero-order chi connectivity index (χ0) is 16.8. The largest absolute Gasteiger partial charge is 0.360 e. The summed E-state index contributed by atoms with van der Waals surface area (Å²) in [5.41, 5.74) is 0.494. The van der Waals surface area contributed by atoms with Gasteiger partial charge in [-0.05, 0) is 26.0 Å². The summed E-state index contributed by atoms with van der Waals surface area (Å²) in [6.07, 6.45) is 0. The number of hydrogen-bond donors (Lipinski definition) is 2. The Morgan fingerprint density at radius 3 is 2.70 bits per heavy atom. The predicted molar refractivity (Wildman–Crippen MR) is 91.1 cm³/mol. The van der Waals surface area contributed by atoms with Gasteiger partial charge in [0.15, 0.2) is 4.34 Å². The molecule has 0 bridgehead atoms. The Bertz CT molecular complexity index is 689. The fraction of sp³-hybridized carbons (Fsp3) is 0.308. The number of thioether (sulfide) groups is 1. The third-order valence-electron chi connectivity index (χ3n) is 2.73. The van der Waals surface area contributed by atoms with Gasteiger partial charge < -0.3 is 10.6 Å². The van der Waals surface area contributed by atoms with E-state index in [9.17, 15) is 14.9 Å². The van der Waals surface area contributed by atoms with E-state index in [1.165, 1.54) is 47.4 Å². The number of nitrogens with zero attached hydrogens (tertiary/aromatic N) is 3. The Labute approximate surface area is 140 Å². The topological polar surface area (TPSA) is 110 Å². The van der Waals surface area contributed by atoms with Gasteiger partial charge in [-0.3, -0.25) is 14.9 Å². The zero-order valence-corrected chi connectivity index (χ0v) is 14.1. The third kappa shape index (κ3) is 4.89. The second-order valence-corrected chi connectivity index (χ2v) is 7.02. The molecule has 0 spiro atoms. The summed E-state index contributed by atoms with van der Waals surface area (Å²) in [4.78, 5) is 22.3. The summed E-state index contributed by atoms with van der Waals surface area (Å²) in [6.45, 7) is 4.49. The van der Waals surface area contributed by atoms with Crippen molar-refractivity contribution in [3.8, 4) is 0 Å². The fourth-order valence-electron chi connectivity index (χ4n) is 1.60. The number of carbonyl (C=O) groups excluding carboxylic acids is 1. The lowest BCUT2D eigenvalue weighted by Gasteiger charge is -2.10. The number of amides is 1. The summed E-state index contributed by atoms with van der Waals surface area (Å²) in [7, 11) is 0. The quantitative estimate of drug-likeness (QED) is 0.447. The molecule has 10 heteroatoms. The van der Waals surface area contributed by atoms with Gasteiger partial charge in [0.25, 0.3) is 5.69 Å². The number of nitro groups is 1. The molecule has 1 amide bonds. The maximum Gasteiger partial charge on any atom is 0.269 e. The van der Waals surface area contributed by atoms with Crippen LogP contribution in [0.4, 0.5) is 16.5 Å². The van der Waals surface area contributed by atoms with E-state index in [2.05, 4.69) is 20.8 Å². The third-order valence-corrected chi connectivity index (χ3v) is 4.79. The van der Waals surface area contributed by atoms with Gasteiger partial charge in [-0.2, -0.15) is 0 Å². The molecule has 0 saturated carbocycles. The first-order chi connectivity index (χ1) is 11.0. The lowest BCUT2D eigenvalue weighted by molar-refractivity contribution is -0.384. The van der Waals surface area contributed by atoms with Crippen LogP contribution < -0.4 is 10.6 Å². The molecule has 2 rings (SSSR count). The molecule has 0 fully saturated rings. The predicted octanol–water partition coefficient (Wildman–Crippen LogP) is 3.00. The first-order valence-corrected chi connectivity index (χ1v) is 8.48. The number of aromatic nitrogens is 2. The second-order valence-electron chi connectivity index (χ2n) is 4.46. The van der Waals surface area contributed by atoms with Crippen LogP contribution in [-0.4, -0.2) is 32.8 Å². The van der Waals surface area contributed by atoms with E-state index >= 15 is 0 Å². The number of rotatable bonds is 7. The number of nitro benzene ring substituents is 1. The van der Waals surface area contributed by atoms with Crippen LogP contribution >= 0.6 is 23.1 Å². The van der Waals surface area contributed by atoms with Gasteiger partial charge in [0.2, 0.25) is 11.0 Å². The second kappa shape index (κ2) is 7.88. The van der Waals surface area contributed by atoms with Gasteiger partial charge >= 0.3 is 0 Å². The maximum absolute atomic E-state index is 12.1. The summed E-state index contributed by atoms with van der Waals surface area (Å²) in [5.74, 6) is -0.205. The van der Waals surface area contributed by atoms with E-state index in [0.717, 1.165) is 11.7 Å². The van der Waals surface area contributed by atoms with Crippen molar-refractivity contribution >= 4 is 45.5 Å². The van der Waals surface area contributed by atoms with E-state index in [1.807, 2.05) is 6.92 Å². The van der Waals surface area contributed by atoms with E-state index in [1.54, 1.807) is 6.92 Å². The molecule has 0 radical (unpaired) electrons. The van der Waals surface area contributed by atoms with Gasteiger partial charge in [-0.25, -0.2) is 0 Å². The van der Waals surface area contributed by atoms with Crippen molar-refractivity contribution in [2.45, 2.75) is 23.4 Å². The molecule has 0 aliphatic carbocycles. The molecular weight excluding hydrogens is 338 g/mol. The molecule has 2 N–H and O–H groups in total. The smallest absolute Gasteiger partial charge is 0.269 e. The number of hydrogen-bond acceptors (Lipinski definition) is 8. The number of nitrogens with one attached hydrogen (secondary N) is 2. The van der Waals surface area contributed by atoms with Gasteiger partial charge in [0, 0.05) is 24.4 Å². The summed E-state index contributed by atoms with van der Waals surface area (Å²) >= 11 is 2.70. The molecule has 1 unspecified atom stereocenters. The Kier molecular flexibility index (Phi) is 5.88. The minimum absolute atomic E-state index is 0.0183. The SMILES string of the molecule is CCNc1nnc(SC(C)C(=O)Nc2ccc([N+](=O)[O-])cc2)s1. The normalized spacial score (nSPS) is 11.7. The molecule has 1 aromatic carbocycles. The van der Waals surface area contributed by atoms with Crippen molar-refractivity contribution < 1.29 is 9.72 Å². The van der Waals surface area contributed by atoms with Gasteiger partial charge in [0.05, 0.1) is 10.2 Å². The first kappa shape index (κ1) is 17.2. The van der Waals surface area contributed by atoms with Crippen molar-refractivity contribution in [1.29, 1.82) is 0 Å².